The molecule has 0 saturated carbocycles. The van der Waals surface area contributed by atoms with Crippen LogP contribution in [0.15, 0.2) is 48.6 Å². The van der Waals surface area contributed by atoms with Crippen LogP contribution >= 0.6 is 23.2 Å². The van der Waals surface area contributed by atoms with Gasteiger partial charge in [0.2, 0.25) is 0 Å². The summed E-state index contributed by atoms with van der Waals surface area (Å²) in [7, 11) is 0. The summed E-state index contributed by atoms with van der Waals surface area (Å²) in [6.45, 7) is 15.7. The zero-order chi connectivity index (χ0) is 21.1. The van der Waals surface area contributed by atoms with Gasteiger partial charge in [-0.15, -0.1) is 0 Å². The molecule has 0 aliphatic carbocycles. The number of aryl methyl sites for hydroxylation is 1. The lowest BCUT2D eigenvalue weighted by atomic mass is 9.90. The number of hydrogen-bond donors (Lipinski definition) is 0. The lowest BCUT2D eigenvalue weighted by Gasteiger charge is -2.16. The smallest absolute Gasteiger partial charge is 0.145 e. The molecule has 0 radical (unpaired) electrons. The van der Waals surface area contributed by atoms with Crippen LogP contribution in [0, 0.1) is 18.6 Å². The Balaban J connectivity index is 0.00000123. The van der Waals surface area contributed by atoms with Crippen molar-refractivity contribution in [2.75, 3.05) is 0 Å². The highest BCUT2D eigenvalue weighted by atomic mass is 35.5. The van der Waals surface area contributed by atoms with Crippen LogP contribution in [-0.4, -0.2) is 0 Å². The molecule has 0 saturated heterocycles. The number of allylic oxidation sites excluding steroid dienone is 2. The van der Waals surface area contributed by atoms with Gasteiger partial charge in [0.1, 0.15) is 11.6 Å². The molecule has 0 N–H and O–H groups in total. The summed E-state index contributed by atoms with van der Waals surface area (Å²) in [5.74, 6) is -1.48. The fourth-order valence-corrected chi connectivity index (χ4v) is 2.75. The SMILES string of the molecule is C=C/C(C)=C(/c1ccc(Cl)cc1C)c1cc(F)cc(F)c1Cl.CC.CCC. The van der Waals surface area contributed by atoms with E-state index in [0.717, 1.165) is 22.8 Å². The first kappa shape index (κ1) is 25.4. The van der Waals surface area contributed by atoms with E-state index in [9.17, 15) is 8.78 Å². The van der Waals surface area contributed by atoms with Crippen LogP contribution in [0.1, 0.15) is 57.7 Å². The zero-order valence-electron chi connectivity index (χ0n) is 16.9. The Morgan fingerprint density at radius 2 is 1.59 bits per heavy atom. The summed E-state index contributed by atoms with van der Waals surface area (Å²) in [6, 6.07) is 7.31. The van der Waals surface area contributed by atoms with Gasteiger partial charge < -0.3 is 0 Å². The van der Waals surface area contributed by atoms with Crippen molar-refractivity contribution in [1.29, 1.82) is 0 Å². The van der Waals surface area contributed by atoms with Gasteiger partial charge in [0.25, 0.3) is 0 Å². The normalized spacial score (nSPS) is 10.7. The van der Waals surface area contributed by atoms with Crippen molar-refractivity contribution in [3.05, 3.63) is 86.9 Å². The van der Waals surface area contributed by atoms with Crippen molar-refractivity contribution < 1.29 is 8.78 Å². The van der Waals surface area contributed by atoms with Crippen LogP contribution in [-0.2, 0) is 0 Å². The second kappa shape index (κ2) is 12.7. The Hall–Kier alpha value is -1.64. The zero-order valence-corrected chi connectivity index (χ0v) is 18.4. The molecule has 0 amide bonds. The van der Waals surface area contributed by atoms with Gasteiger partial charge in [0, 0.05) is 16.7 Å². The van der Waals surface area contributed by atoms with Crippen LogP contribution in [0.3, 0.4) is 0 Å². The molecule has 0 unspecified atom stereocenters. The van der Waals surface area contributed by atoms with Gasteiger partial charge in [-0.2, -0.15) is 0 Å². The van der Waals surface area contributed by atoms with E-state index in [-0.39, 0.29) is 5.02 Å². The molecular formula is C23H28Cl2F2. The molecule has 0 fully saturated rings. The molecule has 148 valence electrons. The molecule has 0 atom stereocenters. The van der Waals surface area contributed by atoms with E-state index in [0.29, 0.717) is 16.2 Å². The fraction of sp³-hybridized carbons (Fsp3) is 0.304. The van der Waals surface area contributed by atoms with Crippen molar-refractivity contribution in [3.8, 4) is 0 Å². The molecule has 0 aliphatic rings. The molecule has 0 spiro atoms. The molecule has 2 rings (SSSR count). The van der Waals surface area contributed by atoms with Gasteiger partial charge in [-0.25, -0.2) is 8.78 Å². The highest BCUT2D eigenvalue weighted by Gasteiger charge is 2.17. The van der Waals surface area contributed by atoms with E-state index in [1.54, 1.807) is 24.3 Å². The van der Waals surface area contributed by atoms with Gasteiger partial charge in [-0.3, -0.25) is 0 Å². The number of benzene rings is 2. The maximum absolute atomic E-state index is 13.8. The van der Waals surface area contributed by atoms with Crippen molar-refractivity contribution in [2.45, 2.75) is 48.0 Å². The van der Waals surface area contributed by atoms with Crippen LogP contribution in [0.5, 0.6) is 0 Å². The Morgan fingerprint density at radius 3 is 2.07 bits per heavy atom. The number of rotatable bonds is 3. The summed E-state index contributed by atoms with van der Waals surface area (Å²) < 4.78 is 27.5. The van der Waals surface area contributed by atoms with E-state index in [1.807, 2.05) is 27.7 Å². The average molecular weight is 413 g/mol. The molecule has 0 heterocycles. The molecular weight excluding hydrogens is 385 g/mol. The second-order valence-corrected chi connectivity index (χ2v) is 6.49. The van der Waals surface area contributed by atoms with E-state index < -0.39 is 11.6 Å². The van der Waals surface area contributed by atoms with Crippen molar-refractivity contribution in [1.82, 2.24) is 0 Å². The number of halogens is 4. The van der Waals surface area contributed by atoms with E-state index in [2.05, 4.69) is 20.4 Å². The lowest BCUT2D eigenvalue weighted by Crippen LogP contribution is -1.98. The topological polar surface area (TPSA) is 0 Å². The first-order chi connectivity index (χ1) is 12.8. The third kappa shape index (κ3) is 7.12. The molecule has 0 aromatic heterocycles. The minimum atomic E-state index is -0.794. The van der Waals surface area contributed by atoms with Gasteiger partial charge in [-0.1, -0.05) is 76.0 Å². The minimum absolute atomic E-state index is 0.119. The summed E-state index contributed by atoms with van der Waals surface area (Å²) in [4.78, 5) is 0. The summed E-state index contributed by atoms with van der Waals surface area (Å²) in [5, 5.41) is 0.473. The first-order valence-corrected chi connectivity index (χ1v) is 9.77. The molecule has 2 aromatic rings. The highest BCUT2D eigenvalue weighted by Crippen LogP contribution is 2.36. The van der Waals surface area contributed by atoms with Crippen LogP contribution < -0.4 is 0 Å². The predicted octanol–water partition coefficient (Wildman–Crippen LogP) is 9.03. The van der Waals surface area contributed by atoms with Gasteiger partial charge >= 0.3 is 0 Å². The molecule has 0 bridgehead atoms. The standard InChI is InChI=1S/C18H14Cl2F2.C3H8.C2H6/c1-4-10(2)17(14-6-5-12(19)7-11(14)3)15-8-13(21)9-16(22)18(15)20;1-3-2;1-2/h4-9H,1H2,2-3H3;3H2,1-2H3;1-2H3/b17-10-;;. The Kier molecular flexibility index (Phi) is 11.9. The quantitative estimate of drug-likeness (QED) is 0.348. The third-order valence-electron chi connectivity index (χ3n) is 3.42. The maximum Gasteiger partial charge on any atom is 0.145 e. The van der Waals surface area contributed by atoms with Crippen LogP contribution in [0.25, 0.3) is 5.57 Å². The third-order valence-corrected chi connectivity index (χ3v) is 4.04. The molecule has 4 heteroatoms. The van der Waals surface area contributed by atoms with Crippen LogP contribution in [0.4, 0.5) is 8.78 Å². The van der Waals surface area contributed by atoms with Crippen molar-refractivity contribution in [3.63, 3.8) is 0 Å². The molecule has 0 aliphatic heterocycles. The van der Waals surface area contributed by atoms with E-state index >= 15 is 0 Å². The van der Waals surface area contributed by atoms with Crippen molar-refractivity contribution >= 4 is 28.8 Å². The molecule has 27 heavy (non-hydrogen) atoms. The van der Waals surface area contributed by atoms with E-state index in [1.165, 1.54) is 12.5 Å². The van der Waals surface area contributed by atoms with Gasteiger partial charge in [-0.05, 0) is 54.3 Å². The van der Waals surface area contributed by atoms with Gasteiger partial charge in [0.05, 0.1) is 5.02 Å². The Labute approximate surface area is 172 Å². The Morgan fingerprint density at radius 1 is 1.04 bits per heavy atom. The minimum Gasteiger partial charge on any atom is -0.207 e. The largest absolute Gasteiger partial charge is 0.207 e. The Bertz CT molecular complexity index is 793. The average Bonchev–Trinajstić information content (AvgIpc) is 2.63. The van der Waals surface area contributed by atoms with E-state index in [4.69, 9.17) is 23.2 Å². The molecule has 2 aromatic carbocycles. The second-order valence-electron chi connectivity index (χ2n) is 5.68. The fourth-order valence-electron chi connectivity index (χ4n) is 2.32. The monoisotopic (exact) mass is 412 g/mol. The van der Waals surface area contributed by atoms with Crippen molar-refractivity contribution in [2.24, 2.45) is 0 Å². The molecule has 0 nitrogen and oxygen atoms in total. The number of hydrogen-bond acceptors (Lipinski definition) is 0. The van der Waals surface area contributed by atoms with Crippen LogP contribution in [0.2, 0.25) is 10.0 Å². The highest BCUT2D eigenvalue weighted by molar-refractivity contribution is 6.33. The predicted molar refractivity (Wildman–Crippen MR) is 117 cm³/mol. The summed E-state index contributed by atoms with van der Waals surface area (Å²) in [5.41, 5.74) is 3.37. The first-order valence-electron chi connectivity index (χ1n) is 9.01. The lowest BCUT2D eigenvalue weighted by molar-refractivity contribution is 0.583. The maximum atomic E-state index is 13.8. The summed E-state index contributed by atoms with van der Waals surface area (Å²) in [6.07, 6.45) is 2.88. The summed E-state index contributed by atoms with van der Waals surface area (Å²) >= 11 is 12.0. The van der Waals surface area contributed by atoms with Gasteiger partial charge in [0.15, 0.2) is 0 Å².